The number of carbonyl (C=O) groups is 1. The largest absolute Gasteiger partial charge is 0.394 e. The highest BCUT2D eigenvalue weighted by molar-refractivity contribution is 5.76. The zero-order valence-corrected chi connectivity index (χ0v) is 31.2. The molecule has 0 aromatic carbocycles. The summed E-state index contributed by atoms with van der Waals surface area (Å²) in [6.45, 7) is 3.70. The second kappa shape index (κ2) is 31.4. The number of rotatable bonds is 32. The van der Waals surface area contributed by atoms with Gasteiger partial charge in [0, 0.05) is 6.42 Å². The average Bonchev–Trinajstić information content (AvgIpc) is 3.10. The van der Waals surface area contributed by atoms with Crippen LogP contribution in [-0.2, 0) is 14.3 Å². The van der Waals surface area contributed by atoms with E-state index in [-0.39, 0.29) is 12.5 Å². The van der Waals surface area contributed by atoms with Crippen LogP contribution < -0.4 is 5.32 Å². The van der Waals surface area contributed by atoms with E-state index in [1.165, 1.54) is 116 Å². The van der Waals surface area contributed by atoms with Crippen molar-refractivity contribution in [3.8, 4) is 0 Å². The first-order chi connectivity index (χ1) is 23.8. The van der Waals surface area contributed by atoms with E-state index in [2.05, 4.69) is 25.2 Å². The first-order valence-corrected chi connectivity index (χ1v) is 20.1. The molecule has 0 radical (unpaired) electrons. The van der Waals surface area contributed by atoms with Crippen LogP contribution in [0.4, 0.5) is 0 Å². The molecule has 7 atom stereocenters. The molecule has 1 amide bonds. The maximum absolute atomic E-state index is 12.9. The standard InChI is InChI=1S/C40H75NO8/c1-3-5-7-9-11-13-15-16-17-18-20-22-24-26-28-30-36(44)41-33(32-48-40-39(47)38(46)37(45)35(31-42)49-40)34(43)29-27-25-23-21-19-14-12-10-8-6-4-2/h23,25,27,29,33-35,37-40,42-43,45-47H,3-22,24,26,28,30-32H2,1-2H3,(H,41,44)/b25-23+,29-27+/t33-,34+,35-,37-,38?,39?,40-/m0/s1. The molecule has 1 saturated heterocycles. The summed E-state index contributed by atoms with van der Waals surface area (Å²) in [7, 11) is 0. The lowest BCUT2D eigenvalue weighted by atomic mass is 9.99. The molecular formula is C40H75NO8. The van der Waals surface area contributed by atoms with Crippen molar-refractivity contribution in [2.75, 3.05) is 13.2 Å². The third-order valence-corrected chi connectivity index (χ3v) is 9.58. The number of ether oxygens (including phenoxy) is 2. The molecule has 1 aliphatic rings. The summed E-state index contributed by atoms with van der Waals surface area (Å²) in [5, 5.41) is 53.8. The third-order valence-electron chi connectivity index (χ3n) is 9.58. The minimum absolute atomic E-state index is 0.195. The van der Waals surface area contributed by atoms with Crippen LogP contribution in [0.15, 0.2) is 24.3 Å². The molecule has 0 aromatic heterocycles. The molecule has 1 heterocycles. The van der Waals surface area contributed by atoms with E-state index < -0.39 is 49.5 Å². The van der Waals surface area contributed by atoms with Gasteiger partial charge < -0.3 is 40.3 Å². The molecule has 0 aromatic rings. The van der Waals surface area contributed by atoms with Gasteiger partial charge in [-0.1, -0.05) is 167 Å². The van der Waals surface area contributed by atoms with Crippen molar-refractivity contribution in [1.29, 1.82) is 0 Å². The number of aliphatic hydroxyl groups excluding tert-OH is 5. The highest BCUT2D eigenvalue weighted by Crippen LogP contribution is 2.22. The Kier molecular flexibility index (Phi) is 29.3. The SMILES string of the molecule is CCCCCCCCC/C=C/C=C/[C@@H](O)[C@H](CO[C@H]1O[C@@H](CO)[C@H](O)C(O)C1O)NC(=O)CCCCCCCCCCCCCCCCC. The van der Waals surface area contributed by atoms with E-state index in [0.717, 1.165) is 32.1 Å². The molecule has 6 N–H and O–H groups in total. The van der Waals surface area contributed by atoms with Crippen molar-refractivity contribution in [3.63, 3.8) is 0 Å². The van der Waals surface area contributed by atoms with Crippen LogP contribution in [0.2, 0.25) is 0 Å². The Bertz CT molecular complexity index is 822. The number of aliphatic hydroxyl groups is 5. The van der Waals surface area contributed by atoms with E-state index in [4.69, 9.17) is 9.47 Å². The third kappa shape index (κ3) is 23.0. The van der Waals surface area contributed by atoms with Gasteiger partial charge in [-0.3, -0.25) is 4.79 Å². The maximum atomic E-state index is 12.9. The molecule has 2 unspecified atom stereocenters. The topological polar surface area (TPSA) is 149 Å². The molecule has 0 aliphatic carbocycles. The molecule has 1 rings (SSSR count). The van der Waals surface area contributed by atoms with Crippen LogP contribution >= 0.6 is 0 Å². The zero-order valence-electron chi connectivity index (χ0n) is 31.2. The molecule has 0 saturated carbocycles. The molecule has 49 heavy (non-hydrogen) atoms. The Morgan fingerprint density at radius 1 is 0.694 bits per heavy atom. The summed E-state index contributed by atoms with van der Waals surface area (Å²) in [4.78, 5) is 12.9. The molecule has 1 aliphatic heterocycles. The van der Waals surface area contributed by atoms with Crippen LogP contribution in [0.1, 0.15) is 168 Å². The average molecular weight is 698 g/mol. The number of allylic oxidation sites excluding steroid dienone is 3. The second-order valence-electron chi connectivity index (χ2n) is 14.1. The molecule has 0 spiro atoms. The molecule has 1 fully saturated rings. The van der Waals surface area contributed by atoms with E-state index in [1.54, 1.807) is 12.2 Å². The monoisotopic (exact) mass is 698 g/mol. The summed E-state index contributed by atoms with van der Waals surface area (Å²) in [5.41, 5.74) is 0. The van der Waals surface area contributed by atoms with Crippen LogP contribution in [0.5, 0.6) is 0 Å². The van der Waals surface area contributed by atoms with Gasteiger partial charge in [0.1, 0.15) is 24.4 Å². The van der Waals surface area contributed by atoms with E-state index >= 15 is 0 Å². The summed E-state index contributed by atoms with van der Waals surface area (Å²) in [6, 6.07) is -0.830. The maximum Gasteiger partial charge on any atom is 0.220 e. The number of nitrogens with one attached hydrogen (secondary N) is 1. The number of unbranched alkanes of at least 4 members (excludes halogenated alkanes) is 21. The number of carbonyl (C=O) groups excluding carboxylic acids is 1. The Morgan fingerprint density at radius 3 is 1.69 bits per heavy atom. The van der Waals surface area contributed by atoms with Crippen molar-refractivity contribution in [3.05, 3.63) is 24.3 Å². The predicted octanol–water partition coefficient (Wildman–Crippen LogP) is 7.16. The fraction of sp³-hybridized carbons (Fsp3) is 0.875. The lowest BCUT2D eigenvalue weighted by molar-refractivity contribution is -0.302. The minimum Gasteiger partial charge on any atom is -0.394 e. The van der Waals surface area contributed by atoms with Gasteiger partial charge in [0.15, 0.2) is 6.29 Å². The zero-order chi connectivity index (χ0) is 36.0. The Hall–Kier alpha value is -1.33. The minimum atomic E-state index is -1.57. The normalized spacial score (nSPS) is 22.6. The molecule has 9 heteroatoms. The van der Waals surface area contributed by atoms with Crippen molar-refractivity contribution in [2.24, 2.45) is 0 Å². The van der Waals surface area contributed by atoms with Crippen LogP contribution in [0.25, 0.3) is 0 Å². The van der Waals surface area contributed by atoms with Crippen molar-refractivity contribution in [2.45, 2.75) is 211 Å². The predicted molar refractivity (Wildman–Crippen MR) is 198 cm³/mol. The summed E-state index contributed by atoms with van der Waals surface area (Å²) >= 11 is 0. The second-order valence-corrected chi connectivity index (χ2v) is 14.1. The summed E-state index contributed by atoms with van der Waals surface area (Å²) < 4.78 is 11.1. The summed E-state index contributed by atoms with van der Waals surface area (Å²) in [6.07, 6.45) is 28.0. The highest BCUT2D eigenvalue weighted by atomic mass is 16.7. The fourth-order valence-corrected chi connectivity index (χ4v) is 6.27. The van der Waals surface area contributed by atoms with Crippen molar-refractivity contribution < 1.29 is 39.8 Å². The quantitative estimate of drug-likeness (QED) is 0.0320. The number of amides is 1. The Labute approximate surface area is 298 Å². The molecular weight excluding hydrogens is 622 g/mol. The van der Waals surface area contributed by atoms with Gasteiger partial charge in [-0.25, -0.2) is 0 Å². The first-order valence-electron chi connectivity index (χ1n) is 20.1. The Balaban J connectivity index is 2.44. The number of hydrogen-bond acceptors (Lipinski definition) is 8. The summed E-state index contributed by atoms with van der Waals surface area (Å²) in [5.74, 6) is -0.195. The van der Waals surface area contributed by atoms with Gasteiger partial charge >= 0.3 is 0 Å². The molecule has 288 valence electrons. The van der Waals surface area contributed by atoms with Gasteiger partial charge in [0.25, 0.3) is 0 Å². The molecule has 0 bridgehead atoms. The Morgan fingerprint density at radius 2 is 1.18 bits per heavy atom. The van der Waals surface area contributed by atoms with Gasteiger partial charge in [0.05, 0.1) is 25.4 Å². The van der Waals surface area contributed by atoms with Crippen molar-refractivity contribution >= 4 is 5.91 Å². The van der Waals surface area contributed by atoms with Gasteiger partial charge in [-0.2, -0.15) is 0 Å². The van der Waals surface area contributed by atoms with E-state index in [0.29, 0.717) is 6.42 Å². The van der Waals surface area contributed by atoms with E-state index in [1.807, 2.05) is 6.08 Å². The van der Waals surface area contributed by atoms with Gasteiger partial charge in [0.2, 0.25) is 5.91 Å². The highest BCUT2D eigenvalue weighted by Gasteiger charge is 2.44. The lowest BCUT2D eigenvalue weighted by Crippen LogP contribution is -2.60. The van der Waals surface area contributed by atoms with Gasteiger partial charge in [-0.15, -0.1) is 0 Å². The smallest absolute Gasteiger partial charge is 0.220 e. The molecule has 9 nitrogen and oxygen atoms in total. The van der Waals surface area contributed by atoms with Crippen molar-refractivity contribution in [1.82, 2.24) is 5.32 Å². The van der Waals surface area contributed by atoms with Crippen LogP contribution in [0.3, 0.4) is 0 Å². The van der Waals surface area contributed by atoms with Crippen LogP contribution in [-0.4, -0.2) is 87.5 Å². The lowest BCUT2D eigenvalue weighted by Gasteiger charge is -2.40. The van der Waals surface area contributed by atoms with Gasteiger partial charge in [-0.05, 0) is 19.3 Å². The number of hydrogen-bond donors (Lipinski definition) is 6. The van der Waals surface area contributed by atoms with E-state index in [9.17, 15) is 30.3 Å². The first kappa shape index (κ1) is 45.7. The fourth-order valence-electron chi connectivity index (χ4n) is 6.27. The van der Waals surface area contributed by atoms with Crippen LogP contribution in [0, 0.1) is 0 Å².